The maximum atomic E-state index is 12.7. The van der Waals surface area contributed by atoms with Gasteiger partial charge >= 0.3 is 12.1 Å². The van der Waals surface area contributed by atoms with Gasteiger partial charge in [0.2, 0.25) is 0 Å². The van der Waals surface area contributed by atoms with Crippen molar-refractivity contribution in [2.45, 2.75) is 19.5 Å². The highest BCUT2D eigenvalue weighted by Gasteiger charge is 2.34. The van der Waals surface area contributed by atoms with Crippen LogP contribution in [-0.4, -0.2) is 22.4 Å². The summed E-state index contributed by atoms with van der Waals surface area (Å²) >= 11 is 0.934. The van der Waals surface area contributed by atoms with Crippen LogP contribution in [0.25, 0.3) is 10.6 Å². The average Bonchev–Trinajstić information content (AvgIpc) is 3.12. The predicted octanol–water partition coefficient (Wildman–Crippen LogP) is 4.88. The minimum absolute atomic E-state index is 0.0943. The van der Waals surface area contributed by atoms with Gasteiger partial charge in [0.1, 0.15) is 4.88 Å². The van der Waals surface area contributed by atoms with Crippen LogP contribution in [0.5, 0.6) is 0 Å². The first-order valence-electron chi connectivity index (χ1n) is 6.99. The van der Waals surface area contributed by atoms with Crippen LogP contribution >= 0.6 is 11.3 Å². The lowest BCUT2D eigenvalue weighted by molar-refractivity contribution is -0.141. The van der Waals surface area contributed by atoms with Gasteiger partial charge in [-0.15, -0.1) is 11.3 Å². The van der Waals surface area contributed by atoms with E-state index in [2.05, 4.69) is 5.10 Å². The minimum Gasteiger partial charge on any atom is -0.461 e. The Kier molecular flexibility index (Phi) is 5.61. The first-order chi connectivity index (χ1) is 11.6. The Morgan fingerprint density at radius 1 is 1.32 bits per heavy atom. The molecule has 0 aliphatic rings. The topological polar surface area (TPSA) is 44.1 Å². The van der Waals surface area contributed by atoms with Crippen LogP contribution in [0.4, 0.5) is 22.0 Å². The number of esters is 1. The van der Waals surface area contributed by atoms with E-state index in [0.29, 0.717) is 4.88 Å². The van der Waals surface area contributed by atoms with E-state index >= 15 is 0 Å². The summed E-state index contributed by atoms with van der Waals surface area (Å²) < 4.78 is 68.5. The smallest absolute Gasteiger partial charge is 0.435 e. The Labute approximate surface area is 143 Å². The fourth-order valence-electron chi connectivity index (χ4n) is 1.88. The number of aryl methyl sites for hydroxylation is 1. The number of thiophene rings is 1. The van der Waals surface area contributed by atoms with Crippen molar-refractivity contribution >= 4 is 17.3 Å². The van der Waals surface area contributed by atoms with Crippen LogP contribution in [0.2, 0.25) is 0 Å². The maximum Gasteiger partial charge on any atom is 0.435 e. The zero-order chi connectivity index (χ0) is 18.8. The Bertz CT molecular complexity index is 803. The van der Waals surface area contributed by atoms with Crippen LogP contribution in [0.1, 0.15) is 28.7 Å². The second-order valence-corrected chi connectivity index (χ2v) is 6.21. The van der Waals surface area contributed by atoms with E-state index in [1.165, 1.54) is 26.1 Å². The van der Waals surface area contributed by atoms with Gasteiger partial charge in [-0.05, 0) is 30.7 Å². The third-order valence-corrected chi connectivity index (χ3v) is 4.35. The number of aromatic nitrogens is 2. The molecule has 0 amide bonds. The van der Waals surface area contributed by atoms with Gasteiger partial charge in [-0.2, -0.15) is 27.1 Å². The molecular weight excluding hydrogens is 367 g/mol. The van der Waals surface area contributed by atoms with Crippen molar-refractivity contribution in [3.05, 3.63) is 40.4 Å². The summed E-state index contributed by atoms with van der Waals surface area (Å²) in [6.45, 7) is 1.02. The number of carbonyl (C=O) groups is 1. The van der Waals surface area contributed by atoms with Gasteiger partial charge in [0, 0.05) is 13.5 Å². The Morgan fingerprint density at radius 2 is 2.00 bits per heavy atom. The molecule has 2 heterocycles. The van der Waals surface area contributed by atoms with Crippen molar-refractivity contribution < 1.29 is 31.5 Å². The van der Waals surface area contributed by atoms with E-state index in [9.17, 15) is 26.7 Å². The molecule has 25 heavy (non-hydrogen) atoms. The van der Waals surface area contributed by atoms with Crippen LogP contribution in [0.15, 0.2) is 29.9 Å². The van der Waals surface area contributed by atoms with Crippen molar-refractivity contribution in [1.29, 1.82) is 0 Å². The fourth-order valence-corrected chi connectivity index (χ4v) is 2.83. The van der Waals surface area contributed by atoms with E-state index in [0.717, 1.165) is 22.1 Å². The van der Waals surface area contributed by atoms with Gasteiger partial charge in [0.25, 0.3) is 6.08 Å². The number of hydrogen-bond donors (Lipinski definition) is 0. The molecule has 0 atom stereocenters. The number of rotatable bonds is 5. The molecule has 10 heteroatoms. The largest absolute Gasteiger partial charge is 0.461 e. The number of alkyl halides is 3. The highest BCUT2D eigenvalue weighted by Crippen LogP contribution is 2.34. The van der Waals surface area contributed by atoms with Crippen molar-refractivity contribution in [2.24, 2.45) is 7.05 Å². The molecule has 0 aromatic carbocycles. The van der Waals surface area contributed by atoms with Gasteiger partial charge < -0.3 is 4.74 Å². The molecule has 0 saturated heterocycles. The number of hydrogen-bond acceptors (Lipinski definition) is 4. The Hall–Kier alpha value is -2.23. The third kappa shape index (κ3) is 4.65. The number of nitrogens with zero attached hydrogens (tertiary/aromatic N) is 2. The molecule has 0 fully saturated rings. The second-order valence-electron chi connectivity index (χ2n) is 5.13. The fraction of sp³-hybridized carbons (Fsp3) is 0.333. The molecule has 0 unspecified atom stereocenters. The Morgan fingerprint density at radius 3 is 2.56 bits per heavy atom. The lowest BCUT2D eigenvalue weighted by Crippen LogP contribution is -2.06. The van der Waals surface area contributed by atoms with Crippen LogP contribution < -0.4 is 0 Å². The predicted molar refractivity (Wildman–Crippen MR) is 81.3 cm³/mol. The van der Waals surface area contributed by atoms with Gasteiger partial charge in [-0.25, -0.2) is 4.79 Å². The molecule has 4 nitrogen and oxygen atoms in total. The highest BCUT2D eigenvalue weighted by atomic mass is 32.1. The molecule has 2 rings (SSSR count). The van der Waals surface area contributed by atoms with Crippen LogP contribution in [0.3, 0.4) is 0 Å². The molecule has 136 valence electrons. The number of halogens is 5. The van der Waals surface area contributed by atoms with E-state index < -0.39 is 23.9 Å². The summed E-state index contributed by atoms with van der Waals surface area (Å²) in [4.78, 5) is 12.4. The van der Waals surface area contributed by atoms with E-state index in [4.69, 9.17) is 4.74 Å². The van der Waals surface area contributed by atoms with Gasteiger partial charge in [0.15, 0.2) is 5.69 Å². The van der Waals surface area contributed by atoms with Gasteiger partial charge in [0.05, 0.1) is 17.2 Å². The zero-order valence-corrected chi connectivity index (χ0v) is 14.0. The molecular formula is C15H13F5N2O2S. The normalized spacial score (nSPS) is 11.5. The van der Waals surface area contributed by atoms with Gasteiger partial charge in [-0.1, -0.05) is 0 Å². The van der Waals surface area contributed by atoms with Crippen LogP contribution in [0, 0.1) is 0 Å². The van der Waals surface area contributed by atoms with Crippen molar-refractivity contribution in [2.75, 3.05) is 6.61 Å². The SMILES string of the molecule is CC(CCOC(=O)c1ccc(-c2cc(C(F)(F)F)nn2C)s1)=C(F)F. The molecule has 0 aliphatic carbocycles. The molecule has 2 aromatic heterocycles. The van der Waals surface area contributed by atoms with Crippen molar-refractivity contribution in [1.82, 2.24) is 9.78 Å². The summed E-state index contributed by atoms with van der Waals surface area (Å²) in [5.74, 6) is -0.721. The molecule has 0 radical (unpaired) electrons. The molecule has 0 bridgehead atoms. The quantitative estimate of drug-likeness (QED) is 0.548. The van der Waals surface area contributed by atoms with E-state index in [1.54, 1.807) is 0 Å². The van der Waals surface area contributed by atoms with Crippen LogP contribution in [-0.2, 0) is 18.0 Å². The minimum atomic E-state index is -4.56. The maximum absolute atomic E-state index is 12.7. The molecule has 0 spiro atoms. The monoisotopic (exact) mass is 380 g/mol. The summed E-state index contributed by atoms with van der Waals surface area (Å²) in [6.07, 6.45) is -6.47. The van der Waals surface area contributed by atoms with E-state index in [1.807, 2.05) is 0 Å². The summed E-state index contributed by atoms with van der Waals surface area (Å²) in [6, 6.07) is 3.77. The summed E-state index contributed by atoms with van der Waals surface area (Å²) in [5.41, 5.74) is -0.998. The standard InChI is InChI=1S/C15H13F5N2O2S/c1-8(13(16)17)5-6-24-14(23)11-4-3-10(25-11)9-7-12(15(18,19)20)21-22(9)2/h3-4,7H,5-6H2,1-2H3. The number of carbonyl (C=O) groups excluding carboxylic acids is 1. The first kappa shape index (κ1) is 19.1. The average molecular weight is 380 g/mol. The van der Waals surface area contributed by atoms with E-state index in [-0.39, 0.29) is 29.2 Å². The second kappa shape index (κ2) is 7.34. The van der Waals surface area contributed by atoms with Crippen molar-refractivity contribution in [3.63, 3.8) is 0 Å². The lowest BCUT2D eigenvalue weighted by Gasteiger charge is -2.03. The molecule has 0 N–H and O–H groups in total. The Balaban J connectivity index is 2.09. The first-order valence-corrected chi connectivity index (χ1v) is 7.80. The highest BCUT2D eigenvalue weighted by molar-refractivity contribution is 7.17. The van der Waals surface area contributed by atoms with Crippen molar-refractivity contribution in [3.8, 4) is 10.6 Å². The van der Waals surface area contributed by atoms with Gasteiger partial charge in [-0.3, -0.25) is 4.68 Å². The number of ether oxygens (including phenoxy) is 1. The molecule has 2 aromatic rings. The zero-order valence-electron chi connectivity index (χ0n) is 13.2. The third-order valence-electron chi connectivity index (χ3n) is 3.26. The summed E-state index contributed by atoms with van der Waals surface area (Å²) in [7, 11) is 1.36. The lowest BCUT2D eigenvalue weighted by atomic mass is 10.2. The molecule has 0 aliphatic heterocycles. The summed E-state index contributed by atoms with van der Waals surface area (Å²) in [5, 5.41) is 3.40. The molecule has 0 saturated carbocycles.